The highest BCUT2D eigenvalue weighted by Gasteiger charge is 2.45. The van der Waals surface area contributed by atoms with E-state index in [-0.39, 0.29) is 13.1 Å². The Bertz CT molecular complexity index is 1290. The number of amides is 1. The van der Waals surface area contributed by atoms with Gasteiger partial charge in [-0.05, 0) is 46.9 Å². The lowest BCUT2D eigenvalue weighted by molar-refractivity contribution is -0.158. The third kappa shape index (κ3) is 4.79. The minimum atomic E-state index is -1.21. The van der Waals surface area contributed by atoms with Crippen LogP contribution in [0.15, 0.2) is 71.8 Å². The molecule has 0 aromatic heterocycles. The molecule has 1 amide bonds. The van der Waals surface area contributed by atoms with Crippen molar-refractivity contribution in [1.29, 1.82) is 0 Å². The molecule has 0 saturated carbocycles. The number of ketones is 1. The first kappa shape index (κ1) is 24.1. The van der Waals surface area contributed by atoms with Gasteiger partial charge in [-0.1, -0.05) is 60.7 Å². The lowest BCUT2D eigenvalue weighted by atomic mass is 9.87. The van der Waals surface area contributed by atoms with Gasteiger partial charge in [-0.2, -0.15) is 5.10 Å². The molecule has 2 unspecified atom stereocenters. The highest BCUT2D eigenvalue weighted by molar-refractivity contribution is 6.38. The third-order valence-corrected chi connectivity index (χ3v) is 6.59. The number of hydrogen-bond acceptors (Lipinski definition) is 7. The van der Waals surface area contributed by atoms with E-state index in [0.29, 0.717) is 6.54 Å². The van der Waals surface area contributed by atoms with Crippen molar-refractivity contribution in [1.82, 2.24) is 10.2 Å². The first-order chi connectivity index (χ1) is 16.9. The zero-order valence-corrected chi connectivity index (χ0v) is 19.7. The zero-order valence-electron chi connectivity index (χ0n) is 19.7. The molecule has 35 heavy (non-hydrogen) atoms. The van der Waals surface area contributed by atoms with E-state index in [1.807, 2.05) is 73.7 Å². The average molecular weight is 473 g/mol. The van der Waals surface area contributed by atoms with Gasteiger partial charge in [0.1, 0.15) is 5.92 Å². The SMILES string of the molecule is COC(=O)C(=O)C(Cc1ccc2ccc(C=NN)cc2c1)C(=O)N1CNCC1(C)c1ccccc1. The van der Waals surface area contributed by atoms with E-state index in [0.717, 1.165) is 34.6 Å². The fourth-order valence-electron chi connectivity index (χ4n) is 4.62. The number of fused-ring (bicyclic) bond motifs is 1. The summed E-state index contributed by atoms with van der Waals surface area (Å²) in [4.78, 5) is 40.8. The van der Waals surface area contributed by atoms with Crippen molar-refractivity contribution >= 4 is 34.6 Å². The van der Waals surface area contributed by atoms with Crippen molar-refractivity contribution in [3.05, 3.63) is 83.4 Å². The summed E-state index contributed by atoms with van der Waals surface area (Å²) < 4.78 is 4.69. The number of hydrazone groups is 1. The summed E-state index contributed by atoms with van der Waals surface area (Å²) in [5.74, 6) is 1.76. The number of carbonyl (C=O) groups is 3. The Balaban J connectivity index is 1.69. The standard InChI is InChI=1S/C27H28N4O4/c1-27(22-6-4-3-5-7-22)16-29-17-31(27)25(33)23(24(32)26(34)35-2)14-18-8-10-20-11-9-19(15-30-28)13-21(20)12-18/h3-13,15,23,29H,14,16-17,28H2,1-2H3. The van der Waals surface area contributed by atoms with Crippen molar-refractivity contribution < 1.29 is 19.1 Å². The van der Waals surface area contributed by atoms with Gasteiger partial charge in [0.15, 0.2) is 0 Å². The van der Waals surface area contributed by atoms with E-state index >= 15 is 0 Å². The second-order valence-corrected chi connectivity index (χ2v) is 8.82. The molecule has 1 heterocycles. The number of methoxy groups -OCH3 is 1. The number of Topliss-reactive ketones (excluding diaryl/α,β-unsaturated/α-hetero) is 1. The molecule has 0 spiro atoms. The predicted molar refractivity (Wildman–Crippen MR) is 133 cm³/mol. The van der Waals surface area contributed by atoms with Gasteiger partial charge in [0.2, 0.25) is 5.91 Å². The zero-order chi connectivity index (χ0) is 25.0. The maximum absolute atomic E-state index is 13.8. The summed E-state index contributed by atoms with van der Waals surface area (Å²) in [6.45, 7) is 2.76. The van der Waals surface area contributed by atoms with Crippen molar-refractivity contribution in [2.24, 2.45) is 16.9 Å². The molecule has 3 aromatic rings. The van der Waals surface area contributed by atoms with E-state index < -0.39 is 29.1 Å². The molecule has 180 valence electrons. The number of esters is 1. The summed E-state index contributed by atoms with van der Waals surface area (Å²) in [5, 5.41) is 8.71. The normalized spacial score (nSPS) is 18.6. The molecule has 0 bridgehead atoms. The second kappa shape index (κ2) is 10.1. The Hall–Kier alpha value is -4.04. The van der Waals surface area contributed by atoms with Crippen LogP contribution < -0.4 is 11.2 Å². The van der Waals surface area contributed by atoms with Crippen molar-refractivity contribution in [3.8, 4) is 0 Å². The lowest BCUT2D eigenvalue weighted by Gasteiger charge is -2.36. The Morgan fingerprint density at radius 2 is 1.86 bits per heavy atom. The molecule has 1 aliphatic rings. The fraction of sp³-hybridized carbons (Fsp3) is 0.259. The van der Waals surface area contributed by atoms with E-state index in [1.165, 1.54) is 0 Å². The largest absolute Gasteiger partial charge is 0.463 e. The monoisotopic (exact) mass is 472 g/mol. The van der Waals surface area contributed by atoms with Crippen molar-refractivity contribution in [2.75, 3.05) is 20.3 Å². The van der Waals surface area contributed by atoms with Crippen LogP contribution >= 0.6 is 0 Å². The van der Waals surface area contributed by atoms with Gasteiger partial charge >= 0.3 is 5.97 Å². The number of rotatable bonds is 7. The number of benzene rings is 3. The van der Waals surface area contributed by atoms with E-state index in [1.54, 1.807) is 11.1 Å². The van der Waals surface area contributed by atoms with E-state index in [9.17, 15) is 14.4 Å². The molecule has 3 N–H and O–H groups in total. The highest BCUT2D eigenvalue weighted by atomic mass is 16.5. The minimum Gasteiger partial charge on any atom is -0.463 e. The summed E-state index contributed by atoms with van der Waals surface area (Å²) in [5.41, 5.74) is 1.87. The van der Waals surface area contributed by atoms with Crippen LogP contribution in [0.1, 0.15) is 23.6 Å². The summed E-state index contributed by atoms with van der Waals surface area (Å²) >= 11 is 0. The molecule has 1 aliphatic heterocycles. The van der Waals surface area contributed by atoms with Gasteiger partial charge < -0.3 is 15.5 Å². The van der Waals surface area contributed by atoms with Crippen LogP contribution in [0, 0.1) is 5.92 Å². The molecule has 2 atom stereocenters. The van der Waals surface area contributed by atoms with Gasteiger partial charge in [-0.15, -0.1) is 0 Å². The molecular weight excluding hydrogens is 444 g/mol. The lowest BCUT2D eigenvalue weighted by Crippen LogP contribution is -2.50. The van der Waals surface area contributed by atoms with Gasteiger partial charge in [0.25, 0.3) is 5.78 Å². The Labute approximate surface area is 203 Å². The predicted octanol–water partition coefficient (Wildman–Crippen LogP) is 2.34. The Morgan fingerprint density at radius 1 is 1.11 bits per heavy atom. The first-order valence-corrected chi connectivity index (χ1v) is 11.3. The van der Waals surface area contributed by atoms with Crippen LogP contribution in [0.4, 0.5) is 0 Å². The molecule has 8 heteroatoms. The summed E-state index contributed by atoms with van der Waals surface area (Å²) in [6, 6.07) is 21.1. The fourth-order valence-corrected chi connectivity index (χ4v) is 4.62. The van der Waals surface area contributed by atoms with Crippen molar-refractivity contribution in [2.45, 2.75) is 18.9 Å². The smallest absolute Gasteiger partial charge is 0.375 e. The van der Waals surface area contributed by atoms with Crippen LogP contribution in [-0.2, 0) is 31.1 Å². The minimum absolute atomic E-state index is 0.0687. The van der Waals surface area contributed by atoms with E-state index in [4.69, 9.17) is 10.6 Å². The van der Waals surface area contributed by atoms with Gasteiger partial charge in [0.05, 0.1) is 25.5 Å². The number of nitrogens with one attached hydrogen (secondary N) is 1. The van der Waals surface area contributed by atoms with Gasteiger partial charge in [-0.25, -0.2) is 4.79 Å². The number of carbonyl (C=O) groups excluding carboxylic acids is 3. The van der Waals surface area contributed by atoms with E-state index in [2.05, 4.69) is 10.4 Å². The van der Waals surface area contributed by atoms with Crippen LogP contribution in [-0.4, -0.2) is 49.1 Å². The van der Waals surface area contributed by atoms with Crippen LogP contribution in [0.5, 0.6) is 0 Å². The van der Waals surface area contributed by atoms with Crippen LogP contribution in [0.3, 0.4) is 0 Å². The quantitative estimate of drug-likeness (QED) is 0.136. The number of nitrogens with two attached hydrogens (primary N) is 1. The van der Waals surface area contributed by atoms with Crippen LogP contribution in [0.25, 0.3) is 10.8 Å². The Morgan fingerprint density at radius 3 is 2.57 bits per heavy atom. The first-order valence-electron chi connectivity index (χ1n) is 11.3. The molecule has 1 fully saturated rings. The molecule has 4 rings (SSSR count). The number of ether oxygens (including phenoxy) is 1. The molecule has 3 aromatic carbocycles. The molecule has 0 radical (unpaired) electrons. The Kier molecular flexibility index (Phi) is 6.93. The topological polar surface area (TPSA) is 114 Å². The number of nitrogens with zero attached hydrogens (tertiary/aromatic N) is 2. The molecule has 8 nitrogen and oxygen atoms in total. The maximum Gasteiger partial charge on any atom is 0.375 e. The average Bonchev–Trinajstić information content (AvgIpc) is 3.29. The van der Waals surface area contributed by atoms with Gasteiger partial charge in [0, 0.05) is 6.54 Å². The number of hydrogen-bond donors (Lipinski definition) is 2. The molecular formula is C27H28N4O4. The summed E-state index contributed by atoms with van der Waals surface area (Å²) in [6.07, 6.45) is 1.61. The molecule has 0 aliphatic carbocycles. The van der Waals surface area contributed by atoms with Gasteiger partial charge in [-0.3, -0.25) is 14.9 Å². The maximum atomic E-state index is 13.8. The van der Waals surface area contributed by atoms with Crippen LogP contribution in [0.2, 0.25) is 0 Å². The highest BCUT2D eigenvalue weighted by Crippen LogP contribution is 2.33. The third-order valence-electron chi connectivity index (χ3n) is 6.59. The van der Waals surface area contributed by atoms with Crippen molar-refractivity contribution in [3.63, 3.8) is 0 Å². The summed E-state index contributed by atoms with van der Waals surface area (Å²) in [7, 11) is 1.14. The second-order valence-electron chi connectivity index (χ2n) is 8.82. The molecule has 1 saturated heterocycles.